The van der Waals surface area contributed by atoms with Gasteiger partial charge in [-0.3, -0.25) is 4.79 Å². The van der Waals surface area contributed by atoms with Gasteiger partial charge in [0, 0.05) is 32.1 Å². The Bertz CT molecular complexity index is 764. The van der Waals surface area contributed by atoms with Gasteiger partial charge in [0.15, 0.2) is 11.5 Å². The van der Waals surface area contributed by atoms with E-state index in [9.17, 15) is 9.59 Å². The normalized spacial score (nSPS) is 24.2. The third-order valence-electron chi connectivity index (χ3n) is 6.03. The second kappa shape index (κ2) is 6.62. The van der Waals surface area contributed by atoms with Crippen molar-refractivity contribution in [2.45, 2.75) is 38.1 Å². The van der Waals surface area contributed by atoms with E-state index in [-0.39, 0.29) is 36.1 Å². The van der Waals surface area contributed by atoms with Crippen molar-refractivity contribution in [3.05, 3.63) is 23.8 Å². The Morgan fingerprint density at radius 3 is 2.89 bits per heavy atom. The molecule has 27 heavy (non-hydrogen) atoms. The summed E-state index contributed by atoms with van der Waals surface area (Å²) >= 11 is 0. The van der Waals surface area contributed by atoms with Crippen LogP contribution in [-0.4, -0.2) is 61.3 Å². The number of hydrogen-bond donors (Lipinski definition) is 1. The molecule has 1 N–H and O–H groups in total. The van der Waals surface area contributed by atoms with Gasteiger partial charge in [-0.15, -0.1) is 0 Å². The predicted octanol–water partition coefficient (Wildman–Crippen LogP) is 1.96. The van der Waals surface area contributed by atoms with E-state index in [2.05, 4.69) is 19.2 Å². The van der Waals surface area contributed by atoms with E-state index in [1.165, 1.54) is 0 Å². The minimum Gasteiger partial charge on any atom is -0.454 e. The molecule has 0 bridgehead atoms. The number of piperidine rings is 1. The Morgan fingerprint density at radius 1 is 1.30 bits per heavy atom. The number of likely N-dealkylation sites (tertiary alicyclic amines) is 2. The Labute approximate surface area is 159 Å². The van der Waals surface area contributed by atoms with Crippen LogP contribution in [0, 0.1) is 5.92 Å². The summed E-state index contributed by atoms with van der Waals surface area (Å²) in [4.78, 5) is 28.7. The lowest BCUT2D eigenvalue weighted by Gasteiger charge is -2.37. The van der Waals surface area contributed by atoms with Crippen LogP contribution in [0.25, 0.3) is 0 Å². The van der Waals surface area contributed by atoms with E-state index in [1.54, 1.807) is 4.90 Å². The van der Waals surface area contributed by atoms with E-state index < -0.39 is 0 Å². The molecule has 3 heterocycles. The summed E-state index contributed by atoms with van der Waals surface area (Å²) in [5.41, 5.74) is 0.827. The van der Waals surface area contributed by atoms with E-state index in [0.29, 0.717) is 19.6 Å². The van der Waals surface area contributed by atoms with Gasteiger partial charge in [-0.25, -0.2) is 4.79 Å². The van der Waals surface area contributed by atoms with Crippen molar-refractivity contribution in [1.29, 1.82) is 0 Å². The lowest BCUT2D eigenvalue weighted by atomic mass is 9.84. The average molecular weight is 373 g/mol. The summed E-state index contributed by atoms with van der Waals surface area (Å²) in [5.74, 6) is 1.63. The van der Waals surface area contributed by atoms with Crippen molar-refractivity contribution >= 4 is 11.9 Å². The zero-order chi connectivity index (χ0) is 19.2. The number of rotatable bonds is 3. The highest BCUT2D eigenvalue weighted by Gasteiger charge is 2.45. The molecular formula is C20H27N3O4. The molecule has 0 aliphatic carbocycles. The summed E-state index contributed by atoms with van der Waals surface area (Å²) in [5, 5.41) is 3.09. The molecule has 2 saturated heterocycles. The molecular weight excluding hydrogens is 346 g/mol. The predicted molar refractivity (Wildman–Crippen MR) is 99.8 cm³/mol. The van der Waals surface area contributed by atoms with Crippen LogP contribution < -0.4 is 14.8 Å². The first-order chi connectivity index (χ1) is 12.9. The molecule has 0 radical (unpaired) electrons. The molecule has 7 nitrogen and oxygen atoms in total. The van der Waals surface area contributed by atoms with Crippen molar-refractivity contribution in [3.63, 3.8) is 0 Å². The molecule has 0 spiro atoms. The van der Waals surface area contributed by atoms with Gasteiger partial charge >= 0.3 is 6.03 Å². The Hall–Kier alpha value is -2.44. The lowest BCUT2D eigenvalue weighted by Crippen LogP contribution is -2.53. The highest BCUT2D eigenvalue weighted by molar-refractivity contribution is 5.84. The number of nitrogens with one attached hydrogen (secondary N) is 1. The molecule has 1 aromatic rings. The fourth-order valence-corrected chi connectivity index (χ4v) is 4.29. The standard InChI is InChI=1S/C20H27N3O4/c1-20(2,13-6-7-16-17(9-13)27-12-26-16)11-21-19(25)23-8-4-5-14-15(23)10-22(3)18(14)24/h6-7,9,14-15H,4-5,8,10-12H2,1-3H3,(H,21,25)/t14-,15-/m1/s1. The van der Waals surface area contributed by atoms with Gasteiger partial charge in [-0.05, 0) is 30.5 Å². The Kier molecular flexibility index (Phi) is 4.40. The monoisotopic (exact) mass is 373 g/mol. The van der Waals surface area contributed by atoms with Gasteiger partial charge in [0.1, 0.15) is 0 Å². The topological polar surface area (TPSA) is 71.1 Å². The van der Waals surface area contributed by atoms with Gasteiger partial charge in [0.05, 0.1) is 12.0 Å². The molecule has 2 fully saturated rings. The SMILES string of the molecule is CN1C[C@@H]2[C@@H](CCCN2C(=O)NCC(C)(C)c2ccc3c(c2)OCO3)C1=O. The van der Waals surface area contributed by atoms with Crippen LogP contribution in [0.15, 0.2) is 18.2 Å². The van der Waals surface area contributed by atoms with E-state index in [0.717, 1.165) is 29.9 Å². The van der Waals surface area contributed by atoms with Crippen LogP contribution in [0.3, 0.4) is 0 Å². The molecule has 2 atom stereocenters. The maximum absolute atomic E-state index is 12.9. The molecule has 0 unspecified atom stereocenters. The summed E-state index contributed by atoms with van der Waals surface area (Å²) in [6, 6.07) is 5.82. The van der Waals surface area contributed by atoms with Crippen LogP contribution >= 0.6 is 0 Å². The Balaban J connectivity index is 1.41. The average Bonchev–Trinajstić information content (AvgIpc) is 3.24. The van der Waals surface area contributed by atoms with Gasteiger partial charge in [-0.1, -0.05) is 19.9 Å². The van der Waals surface area contributed by atoms with E-state index in [1.807, 2.05) is 30.1 Å². The zero-order valence-corrected chi connectivity index (χ0v) is 16.2. The molecule has 146 valence electrons. The van der Waals surface area contributed by atoms with Crippen LogP contribution in [0.1, 0.15) is 32.3 Å². The summed E-state index contributed by atoms with van der Waals surface area (Å²) in [7, 11) is 1.82. The van der Waals surface area contributed by atoms with Crippen LogP contribution in [0.5, 0.6) is 11.5 Å². The van der Waals surface area contributed by atoms with Gasteiger partial charge in [0.25, 0.3) is 0 Å². The number of urea groups is 1. The summed E-state index contributed by atoms with van der Waals surface area (Å²) in [6.45, 7) is 6.28. The summed E-state index contributed by atoms with van der Waals surface area (Å²) in [6.07, 6.45) is 1.75. The highest BCUT2D eigenvalue weighted by atomic mass is 16.7. The van der Waals surface area contributed by atoms with Crippen LogP contribution in [0.2, 0.25) is 0 Å². The quantitative estimate of drug-likeness (QED) is 0.879. The molecule has 3 aliphatic rings. The van der Waals surface area contributed by atoms with Crippen molar-refractivity contribution in [1.82, 2.24) is 15.1 Å². The van der Waals surface area contributed by atoms with Crippen molar-refractivity contribution < 1.29 is 19.1 Å². The fourth-order valence-electron chi connectivity index (χ4n) is 4.29. The highest BCUT2D eigenvalue weighted by Crippen LogP contribution is 2.36. The van der Waals surface area contributed by atoms with E-state index >= 15 is 0 Å². The molecule has 3 amide bonds. The minimum atomic E-state index is -0.256. The number of ether oxygens (including phenoxy) is 2. The zero-order valence-electron chi connectivity index (χ0n) is 16.2. The maximum atomic E-state index is 12.9. The molecule has 4 rings (SSSR count). The van der Waals surface area contributed by atoms with E-state index in [4.69, 9.17) is 9.47 Å². The number of carbonyl (C=O) groups excluding carboxylic acids is 2. The first kappa shape index (κ1) is 17.9. The minimum absolute atomic E-state index is 0.00935. The largest absolute Gasteiger partial charge is 0.454 e. The van der Waals surface area contributed by atoms with Gasteiger partial charge in [0.2, 0.25) is 12.7 Å². The lowest BCUT2D eigenvalue weighted by molar-refractivity contribution is -0.130. The number of hydrogen-bond acceptors (Lipinski definition) is 4. The number of likely N-dealkylation sites (N-methyl/N-ethyl adjacent to an activating group) is 1. The molecule has 0 aromatic heterocycles. The number of nitrogens with zero attached hydrogens (tertiary/aromatic N) is 2. The smallest absolute Gasteiger partial charge is 0.317 e. The second-order valence-corrected chi connectivity index (χ2v) is 8.34. The van der Waals surface area contributed by atoms with Crippen molar-refractivity contribution in [2.24, 2.45) is 5.92 Å². The molecule has 7 heteroatoms. The van der Waals surface area contributed by atoms with Crippen molar-refractivity contribution in [3.8, 4) is 11.5 Å². The number of carbonyl (C=O) groups is 2. The third kappa shape index (κ3) is 3.19. The maximum Gasteiger partial charge on any atom is 0.317 e. The van der Waals surface area contributed by atoms with Crippen LogP contribution in [0.4, 0.5) is 4.79 Å². The number of amides is 3. The summed E-state index contributed by atoms with van der Waals surface area (Å²) < 4.78 is 10.8. The Morgan fingerprint density at radius 2 is 2.07 bits per heavy atom. The first-order valence-electron chi connectivity index (χ1n) is 9.56. The van der Waals surface area contributed by atoms with Gasteiger partial charge < -0.3 is 24.6 Å². The third-order valence-corrected chi connectivity index (χ3v) is 6.03. The molecule has 0 saturated carbocycles. The van der Waals surface area contributed by atoms with Gasteiger partial charge in [-0.2, -0.15) is 0 Å². The molecule has 3 aliphatic heterocycles. The number of benzene rings is 1. The fraction of sp³-hybridized carbons (Fsp3) is 0.600. The number of fused-ring (bicyclic) bond motifs is 2. The second-order valence-electron chi connectivity index (χ2n) is 8.34. The first-order valence-corrected chi connectivity index (χ1v) is 9.56. The van der Waals surface area contributed by atoms with Crippen LogP contribution in [-0.2, 0) is 10.2 Å². The van der Waals surface area contributed by atoms with Crippen molar-refractivity contribution in [2.75, 3.05) is 33.5 Å². The molecule has 1 aromatic carbocycles.